The van der Waals surface area contributed by atoms with Gasteiger partial charge in [0.25, 0.3) is 5.91 Å². The standard InChI is InChI=1S/C15H24N2O2/c1-4-12-5-6-13(16-12)14(18)17-9-7-11(8-10-17)15(2,3)19/h5-6,11,16,19H,4,7-10H2,1-3H3. The normalized spacial score (nSPS) is 17.8. The number of hydrogen-bond acceptors (Lipinski definition) is 2. The van der Waals surface area contributed by atoms with E-state index in [1.807, 2.05) is 30.9 Å². The number of amides is 1. The van der Waals surface area contributed by atoms with Gasteiger partial charge in [0.05, 0.1) is 5.60 Å². The van der Waals surface area contributed by atoms with Gasteiger partial charge in [0.2, 0.25) is 0 Å². The van der Waals surface area contributed by atoms with Crippen LogP contribution in [0.25, 0.3) is 0 Å². The van der Waals surface area contributed by atoms with Crippen LogP contribution in [-0.4, -0.2) is 39.6 Å². The van der Waals surface area contributed by atoms with Gasteiger partial charge in [0.15, 0.2) is 0 Å². The lowest BCUT2D eigenvalue weighted by Gasteiger charge is -2.37. The Morgan fingerprint density at radius 3 is 2.53 bits per heavy atom. The highest BCUT2D eigenvalue weighted by Gasteiger charge is 2.32. The number of rotatable bonds is 3. The molecular weight excluding hydrogens is 240 g/mol. The lowest BCUT2D eigenvalue weighted by atomic mass is 9.83. The molecule has 1 aliphatic heterocycles. The molecule has 2 heterocycles. The average molecular weight is 264 g/mol. The summed E-state index contributed by atoms with van der Waals surface area (Å²) in [6, 6.07) is 3.83. The van der Waals surface area contributed by atoms with E-state index in [4.69, 9.17) is 0 Å². The van der Waals surface area contributed by atoms with E-state index in [2.05, 4.69) is 11.9 Å². The zero-order valence-electron chi connectivity index (χ0n) is 12.1. The number of nitrogens with one attached hydrogen (secondary N) is 1. The van der Waals surface area contributed by atoms with Crippen LogP contribution in [0.1, 0.15) is 49.8 Å². The number of aryl methyl sites for hydroxylation is 1. The monoisotopic (exact) mass is 264 g/mol. The summed E-state index contributed by atoms with van der Waals surface area (Å²) >= 11 is 0. The summed E-state index contributed by atoms with van der Waals surface area (Å²) in [5.74, 6) is 0.361. The third kappa shape index (κ3) is 3.18. The molecule has 0 saturated carbocycles. The molecule has 19 heavy (non-hydrogen) atoms. The second-order valence-corrected chi connectivity index (χ2v) is 5.97. The molecule has 0 aliphatic carbocycles. The summed E-state index contributed by atoms with van der Waals surface area (Å²) in [6.07, 6.45) is 2.65. The third-order valence-electron chi connectivity index (χ3n) is 4.14. The molecule has 1 fully saturated rings. The molecule has 2 rings (SSSR count). The highest BCUT2D eigenvalue weighted by molar-refractivity contribution is 5.92. The van der Waals surface area contributed by atoms with Crippen molar-refractivity contribution in [3.63, 3.8) is 0 Å². The molecule has 4 heteroatoms. The molecule has 2 N–H and O–H groups in total. The molecular formula is C15H24N2O2. The zero-order chi connectivity index (χ0) is 14.0. The summed E-state index contributed by atoms with van der Waals surface area (Å²) in [4.78, 5) is 17.4. The lowest BCUT2D eigenvalue weighted by molar-refractivity contribution is -0.0109. The summed E-state index contributed by atoms with van der Waals surface area (Å²) in [6.45, 7) is 7.23. The van der Waals surface area contributed by atoms with Gasteiger partial charge in [-0.05, 0) is 51.2 Å². The number of carbonyl (C=O) groups is 1. The Kier molecular flexibility index (Phi) is 3.99. The summed E-state index contributed by atoms with van der Waals surface area (Å²) in [5, 5.41) is 10.0. The Hall–Kier alpha value is -1.29. The molecule has 1 aliphatic rings. The highest BCUT2D eigenvalue weighted by Crippen LogP contribution is 2.28. The van der Waals surface area contributed by atoms with Crippen LogP contribution in [0.15, 0.2) is 12.1 Å². The minimum atomic E-state index is -0.642. The van der Waals surface area contributed by atoms with E-state index in [1.165, 1.54) is 0 Å². The maximum atomic E-state index is 12.3. The maximum Gasteiger partial charge on any atom is 0.270 e. The second-order valence-electron chi connectivity index (χ2n) is 5.97. The minimum absolute atomic E-state index is 0.0777. The number of piperidine rings is 1. The summed E-state index contributed by atoms with van der Waals surface area (Å²) in [5.41, 5.74) is 1.13. The number of likely N-dealkylation sites (tertiary alicyclic amines) is 1. The van der Waals surface area contributed by atoms with Crippen LogP contribution in [0, 0.1) is 5.92 Å². The van der Waals surface area contributed by atoms with Crippen molar-refractivity contribution in [1.29, 1.82) is 0 Å². The largest absolute Gasteiger partial charge is 0.390 e. The van der Waals surface area contributed by atoms with Crippen LogP contribution in [0.5, 0.6) is 0 Å². The first-order chi connectivity index (χ1) is 8.91. The van der Waals surface area contributed by atoms with Crippen LogP contribution in [0.4, 0.5) is 0 Å². The highest BCUT2D eigenvalue weighted by atomic mass is 16.3. The Morgan fingerprint density at radius 2 is 2.05 bits per heavy atom. The van der Waals surface area contributed by atoms with Crippen molar-refractivity contribution in [2.24, 2.45) is 5.92 Å². The molecule has 0 atom stereocenters. The number of nitrogens with zero attached hydrogens (tertiary/aromatic N) is 1. The van der Waals surface area contributed by atoms with Crippen molar-refractivity contribution in [3.05, 3.63) is 23.5 Å². The number of carbonyl (C=O) groups excluding carboxylic acids is 1. The second kappa shape index (κ2) is 5.37. The van der Waals surface area contributed by atoms with Crippen LogP contribution in [-0.2, 0) is 6.42 Å². The fourth-order valence-corrected chi connectivity index (χ4v) is 2.73. The maximum absolute atomic E-state index is 12.3. The molecule has 0 unspecified atom stereocenters. The quantitative estimate of drug-likeness (QED) is 0.879. The lowest BCUT2D eigenvalue weighted by Crippen LogP contribution is -2.44. The van der Waals surface area contributed by atoms with E-state index in [0.29, 0.717) is 5.69 Å². The van der Waals surface area contributed by atoms with Crippen molar-refractivity contribution in [1.82, 2.24) is 9.88 Å². The molecule has 1 aromatic heterocycles. The van der Waals surface area contributed by atoms with E-state index >= 15 is 0 Å². The molecule has 1 aromatic rings. The van der Waals surface area contributed by atoms with E-state index in [0.717, 1.165) is 38.0 Å². The third-order valence-corrected chi connectivity index (χ3v) is 4.14. The van der Waals surface area contributed by atoms with Gasteiger partial charge in [0.1, 0.15) is 5.69 Å². The van der Waals surface area contributed by atoms with Gasteiger partial charge in [-0.15, -0.1) is 0 Å². The van der Waals surface area contributed by atoms with Crippen LogP contribution in [0.3, 0.4) is 0 Å². The Labute approximate surface area is 114 Å². The van der Waals surface area contributed by atoms with Crippen molar-refractivity contribution in [2.45, 2.75) is 45.6 Å². The van der Waals surface area contributed by atoms with Crippen molar-refractivity contribution >= 4 is 5.91 Å². The fraction of sp³-hybridized carbons (Fsp3) is 0.667. The summed E-state index contributed by atoms with van der Waals surface area (Å²) < 4.78 is 0. The molecule has 0 radical (unpaired) electrons. The zero-order valence-corrected chi connectivity index (χ0v) is 12.1. The number of aromatic nitrogens is 1. The molecule has 1 saturated heterocycles. The summed E-state index contributed by atoms with van der Waals surface area (Å²) in [7, 11) is 0. The van der Waals surface area contributed by atoms with E-state index in [1.54, 1.807) is 0 Å². The SMILES string of the molecule is CCc1ccc(C(=O)N2CCC(C(C)(C)O)CC2)[nH]1. The van der Waals surface area contributed by atoms with Crippen molar-refractivity contribution < 1.29 is 9.90 Å². The Morgan fingerprint density at radius 1 is 1.42 bits per heavy atom. The number of hydrogen-bond donors (Lipinski definition) is 2. The number of H-pyrrole nitrogens is 1. The minimum Gasteiger partial charge on any atom is -0.390 e. The molecule has 0 bridgehead atoms. The first-order valence-electron chi connectivity index (χ1n) is 7.11. The van der Waals surface area contributed by atoms with Gasteiger partial charge in [-0.2, -0.15) is 0 Å². The molecule has 0 spiro atoms. The van der Waals surface area contributed by atoms with Gasteiger partial charge in [-0.25, -0.2) is 0 Å². The average Bonchev–Trinajstić information content (AvgIpc) is 2.86. The Balaban J connectivity index is 1.96. The predicted octanol–water partition coefficient (Wildman–Crippen LogP) is 2.20. The molecule has 1 amide bonds. The molecule has 106 valence electrons. The predicted molar refractivity (Wildman–Crippen MR) is 75.1 cm³/mol. The van der Waals surface area contributed by atoms with Crippen LogP contribution in [0.2, 0.25) is 0 Å². The number of aliphatic hydroxyl groups is 1. The fourth-order valence-electron chi connectivity index (χ4n) is 2.73. The first-order valence-corrected chi connectivity index (χ1v) is 7.11. The van der Waals surface area contributed by atoms with E-state index < -0.39 is 5.60 Å². The van der Waals surface area contributed by atoms with Gasteiger partial charge in [0, 0.05) is 18.8 Å². The van der Waals surface area contributed by atoms with Crippen LogP contribution < -0.4 is 0 Å². The molecule has 4 nitrogen and oxygen atoms in total. The molecule has 0 aromatic carbocycles. The van der Waals surface area contributed by atoms with Crippen LogP contribution >= 0.6 is 0 Å². The van der Waals surface area contributed by atoms with Crippen molar-refractivity contribution in [2.75, 3.05) is 13.1 Å². The van der Waals surface area contributed by atoms with Gasteiger partial charge >= 0.3 is 0 Å². The smallest absolute Gasteiger partial charge is 0.270 e. The Bertz CT molecular complexity index is 437. The van der Waals surface area contributed by atoms with E-state index in [9.17, 15) is 9.90 Å². The first kappa shape index (κ1) is 14.1. The van der Waals surface area contributed by atoms with Gasteiger partial charge < -0.3 is 15.0 Å². The topological polar surface area (TPSA) is 56.3 Å². The number of aromatic amines is 1. The van der Waals surface area contributed by atoms with Gasteiger partial charge in [-0.1, -0.05) is 6.92 Å². The van der Waals surface area contributed by atoms with E-state index in [-0.39, 0.29) is 11.8 Å². The van der Waals surface area contributed by atoms with Crippen molar-refractivity contribution in [3.8, 4) is 0 Å². The van der Waals surface area contributed by atoms with Gasteiger partial charge in [-0.3, -0.25) is 4.79 Å².